The van der Waals surface area contributed by atoms with Crippen molar-refractivity contribution in [2.75, 3.05) is 27.7 Å². The van der Waals surface area contributed by atoms with E-state index in [1.807, 2.05) is 91.0 Å². The Labute approximate surface area is 231 Å². The number of quaternary nitrogens is 1. The molecular weight excluding hydrogens is 540 g/mol. The molecule has 0 radical (unpaired) electrons. The Morgan fingerprint density at radius 3 is 2.37 bits per heavy atom. The second-order valence-corrected chi connectivity index (χ2v) is 11.2. The van der Waals surface area contributed by atoms with Crippen molar-refractivity contribution in [3.05, 3.63) is 123 Å². The maximum atomic E-state index is 13.0. The second-order valence-electron chi connectivity index (χ2n) is 10.3. The van der Waals surface area contributed by atoms with Crippen LogP contribution in [0.3, 0.4) is 0 Å². The number of halogens is 1. The Balaban J connectivity index is 1.84. The van der Waals surface area contributed by atoms with Crippen molar-refractivity contribution in [3.8, 4) is 5.88 Å². The number of hydrogen-bond donors (Lipinski definition) is 1. The summed E-state index contributed by atoms with van der Waals surface area (Å²) in [7, 11) is 4.82. The van der Waals surface area contributed by atoms with Crippen molar-refractivity contribution in [2.45, 2.75) is 17.9 Å². The first-order chi connectivity index (χ1) is 18.2. The minimum absolute atomic E-state index is 0.220. The molecule has 0 unspecified atom stereocenters. The smallest absolute Gasteiger partial charge is 0.217 e. The van der Waals surface area contributed by atoms with Gasteiger partial charge in [0.05, 0.1) is 33.3 Å². The zero-order valence-electron chi connectivity index (χ0n) is 21.8. The van der Waals surface area contributed by atoms with Crippen molar-refractivity contribution in [2.24, 2.45) is 0 Å². The lowest BCUT2D eigenvalue weighted by molar-refractivity contribution is -0.841. The summed E-state index contributed by atoms with van der Waals surface area (Å²) in [5, 5.41) is 28.8. The molecule has 0 aliphatic carbocycles. The number of methoxy groups -OCH3 is 1. The van der Waals surface area contributed by atoms with E-state index in [1.165, 1.54) is 0 Å². The largest absolute Gasteiger partial charge is 0.633 e. The average Bonchev–Trinajstić information content (AvgIpc) is 2.91. The number of pyridine rings is 1. The molecular formula is C32H31BrN2O3. The third-order valence-electron chi connectivity index (χ3n) is 7.17. The lowest BCUT2D eigenvalue weighted by Gasteiger charge is -2.42. The molecule has 0 fully saturated rings. The van der Waals surface area contributed by atoms with Gasteiger partial charge in [0.2, 0.25) is 5.88 Å². The summed E-state index contributed by atoms with van der Waals surface area (Å²) in [6, 6.07) is 31.9. The number of nitrogens with zero attached hydrogens (tertiary/aromatic N) is 2. The molecule has 0 aliphatic heterocycles. The molecule has 0 aliphatic rings. The van der Waals surface area contributed by atoms with Crippen LogP contribution < -0.4 is 4.74 Å². The predicted octanol–water partition coefficient (Wildman–Crippen LogP) is 7.14. The molecule has 194 valence electrons. The highest BCUT2D eigenvalue weighted by molar-refractivity contribution is 9.10. The van der Waals surface area contributed by atoms with Crippen molar-refractivity contribution < 1.29 is 14.5 Å². The number of hydrogen-bond acceptors (Lipinski definition) is 4. The predicted molar refractivity (Wildman–Crippen MR) is 157 cm³/mol. The van der Waals surface area contributed by atoms with Crippen LogP contribution in [-0.4, -0.2) is 42.5 Å². The maximum absolute atomic E-state index is 13.0. The van der Waals surface area contributed by atoms with Crippen molar-refractivity contribution >= 4 is 37.6 Å². The molecule has 1 heterocycles. The van der Waals surface area contributed by atoms with Gasteiger partial charge < -0.3 is 19.7 Å². The minimum Gasteiger partial charge on any atom is -0.633 e. The van der Waals surface area contributed by atoms with E-state index in [0.717, 1.165) is 42.8 Å². The number of hydroxylamine groups is 3. The quantitative estimate of drug-likeness (QED) is 0.159. The van der Waals surface area contributed by atoms with Crippen LogP contribution >= 0.6 is 15.9 Å². The molecule has 38 heavy (non-hydrogen) atoms. The molecule has 1 aromatic heterocycles. The van der Waals surface area contributed by atoms with Crippen LogP contribution in [0, 0.1) is 5.21 Å². The van der Waals surface area contributed by atoms with E-state index >= 15 is 0 Å². The Bertz CT molecular complexity index is 1580. The first-order valence-corrected chi connectivity index (χ1v) is 13.4. The summed E-state index contributed by atoms with van der Waals surface area (Å²) < 4.78 is 6.27. The molecule has 5 nitrogen and oxygen atoms in total. The first-order valence-electron chi connectivity index (χ1n) is 12.6. The summed E-state index contributed by atoms with van der Waals surface area (Å²) in [5.41, 5.74) is 1.79. The molecule has 0 saturated heterocycles. The van der Waals surface area contributed by atoms with E-state index in [9.17, 15) is 10.3 Å². The van der Waals surface area contributed by atoms with Crippen LogP contribution in [0.5, 0.6) is 5.88 Å². The van der Waals surface area contributed by atoms with Gasteiger partial charge in [-0.15, -0.1) is 0 Å². The van der Waals surface area contributed by atoms with E-state index in [1.54, 1.807) is 21.2 Å². The lowest BCUT2D eigenvalue weighted by Crippen LogP contribution is -2.42. The topological polar surface area (TPSA) is 65.4 Å². The molecule has 2 atom stereocenters. The van der Waals surface area contributed by atoms with Gasteiger partial charge >= 0.3 is 0 Å². The van der Waals surface area contributed by atoms with Gasteiger partial charge in [-0.2, -0.15) is 0 Å². The summed E-state index contributed by atoms with van der Waals surface area (Å²) in [4.78, 5) is 4.84. The van der Waals surface area contributed by atoms with Gasteiger partial charge in [0, 0.05) is 27.8 Å². The maximum Gasteiger partial charge on any atom is 0.217 e. The minimum atomic E-state index is -1.45. The lowest BCUT2D eigenvalue weighted by atomic mass is 9.70. The summed E-state index contributed by atoms with van der Waals surface area (Å²) >= 11 is 3.58. The molecule has 6 heteroatoms. The van der Waals surface area contributed by atoms with Crippen LogP contribution in [0.2, 0.25) is 0 Å². The molecule has 5 aromatic rings. The second kappa shape index (κ2) is 10.5. The van der Waals surface area contributed by atoms with Crippen LogP contribution in [0.1, 0.15) is 29.0 Å². The summed E-state index contributed by atoms with van der Waals surface area (Å²) in [5.74, 6) is -0.116. The fourth-order valence-corrected chi connectivity index (χ4v) is 5.73. The summed E-state index contributed by atoms with van der Waals surface area (Å²) in [6.45, 7) is 0.220. The molecule has 1 N–H and O–H groups in total. The third-order valence-corrected chi connectivity index (χ3v) is 7.67. The van der Waals surface area contributed by atoms with Crippen LogP contribution in [0.4, 0.5) is 0 Å². The van der Waals surface area contributed by atoms with E-state index in [0.29, 0.717) is 5.88 Å². The van der Waals surface area contributed by atoms with Gasteiger partial charge in [0.25, 0.3) is 0 Å². The van der Waals surface area contributed by atoms with Gasteiger partial charge in [-0.1, -0.05) is 88.7 Å². The highest BCUT2D eigenvalue weighted by Crippen LogP contribution is 2.49. The van der Waals surface area contributed by atoms with Gasteiger partial charge in [-0.3, -0.25) is 0 Å². The van der Waals surface area contributed by atoms with Crippen molar-refractivity contribution in [1.82, 2.24) is 4.98 Å². The van der Waals surface area contributed by atoms with E-state index in [2.05, 4.69) is 22.0 Å². The van der Waals surface area contributed by atoms with E-state index in [-0.39, 0.29) is 13.0 Å². The molecule has 4 aromatic carbocycles. The van der Waals surface area contributed by atoms with Crippen LogP contribution in [-0.2, 0) is 5.60 Å². The Morgan fingerprint density at radius 1 is 0.921 bits per heavy atom. The van der Waals surface area contributed by atoms with Crippen molar-refractivity contribution in [3.63, 3.8) is 0 Å². The van der Waals surface area contributed by atoms with Crippen molar-refractivity contribution in [1.29, 1.82) is 0 Å². The standard InChI is InChI=1S/C32H31BrN2O3/c1-35(2,37)19-18-32(36,28-15-9-13-22-10-7-8-14-26(22)28)30(23-11-5-4-6-12-23)27-21-24-20-25(33)16-17-29(24)34-31(27)38-3/h4-17,20-21,30,36H,18-19H2,1-3H3/t30-,32-/m1/s1. The summed E-state index contributed by atoms with van der Waals surface area (Å²) in [6.07, 6.45) is 0.233. The normalized spacial score (nSPS) is 14.4. The Hall–Kier alpha value is -3.29. The number of aromatic nitrogens is 1. The van der Waals surface area contributed by atoms with E-state index in [4.69, 9.17) is 9.72 Å². The van der Waals surface area contributed by atoms with Crippen LogP contribution in [0.25, 0.3) is 21.7 Å². The number of aliphatic hydroxyl groups is 1. The SMILES string of the molecule is COc1nc2ccc(Br)cc2cc1[C@@H](c1ccccc1)[C@@](O)(CC[N+](C)(C)[O-])c1cccc2ccccc12. The highest BCUT2D eigenvalue weighted by atomic mass is 79.9. The van der Waals surface area contributed by atoms with Gasteiger partial charge in [-0.25, -0.2) is 4.98 Å². The van der Waals surface area contributed by atoms with Gasteiger partial charge in [0.15, 0.2) is 0 Å². The molecule has 0 bridgehead atoms. The zero-order valence-corrected chi connectivity index (χ0v) is 23.4. The third kappa shape index (κ3) is 5.18. The molecule has 5 rings (SSSR count). The Morgan fingerprint density at radius 2 is 1.63 bits per heavy atom. The first kappa shape index (κ1) is 26.3. The highest BCUT2D eigenvalue weighted by Gasteiger charge is 2.44. The number of ether oxygens (including phenoxy) is 1. The fourth-order valence-electron chi connectivity index (χ4n) is 5.35. The zero-order chi connectivity index (χ0) is 26.9. The van der Waals surface area contributed by atoms with Gasteiger partial charge in [0.1, 0.15) is 5.60 Å². The number of fused-ring (bicyclic) bond motifs is 2. The Kier molecular flexibility index (Phi) is 7.25. The fraction of sp³-hybridized carbons (Fsp3) is 0.219. The van der Waals surface area contributed by atoms with Gasteiger partial charge in [-0.05, 0) is 46.2 Å². The van der Waals surface area contributed by atoms with Crippen LogP contribution in [0.15, 0.2) is 102 Å². The number of benzene rings is 4. The average molecular weight is 572 g/mol. The molecule has 0 amide bonds. The monoisotopic (exact) mass is 570 g/mol. The molecule has 0 spiro atoms. The molecule has 0 saturated carbocycles. The van der Waals surface area contributed by atoms with E-state index < -0.39 is 16.2 Å². The number of rotatable bonds is 8.